The number of rotatable bonds is 7. The van der Waals surface area contributed by atoms with Crippen LogP contribution in [0.1, 0.15) is 43.1 Å². The Kier molecular flexibility index (Phi) is 6.37. The molecule has 0 aliphatic heterocycles. The van der Waals surface area contributed by atoms with Crippen LogP contribution in [0.15, 0.2) is 24.3 Å². The van der Waals surface area contributed by atoms with Gasteiger partial charge in [-0.25, -0.2) is 9.59 Å². The van der Waals surface area contributed by atoms with E-state index in [1.54, 1.807) is 30.9 Å². The van der Waals surface area contributed by atoms with E-state index in [1.165, 1.54) is 12.1 Å². The van der Waals surface area contributed by atoms with Crippen LogP contribution in [0.25, 0.3) is 0 Å². The lowest BCUT2D eigenvalue weighted by Gasteiger charge is -2.29. The Morgan fingerprint density at radius 3 is 2.27 bits per heavy atom. The summed E-state index contributed by atoms with van der Waals surface area (Å²) in [5.74, 6) is -0.977. The summed E-state index contributed by atoms with van der Waals surface area (Å²) in [6.45, 7) is 6.42. The molecule has 0 spiro atoms. The molecule has 2 amide bonds. The van der Waals surface area contributed by atoms with Gasteiger partial charge in [-0.3, -0.25) is 0 Å². The molecule has 0 saturated heterocycles. The Balaban J connectivity index is 2.60. The minimum atomic E-state index is -0.977. The summed E-state index contributed by atoms with van der Waals surface area (Å²) in [6, 6.07) is 6.11. The van der Waals surface area contributed by atoms with Crippen LogP contribution in [0.5, 0.6) is 0 Å². The highest BCUT2D eigenvalue weighted by molar-refractivity contribution is 5.87. The van der Waals surface area contributed by atoms with Gasteiger partial charge in [0.25, 0.3) is 0 Å². The van der Waals surface area contributed by atoms with Crippen LogP contribution in [0.4, 0.5) is 4.79 Å². The summed E-state index contributed by atoms with van der Waals surface area (Å²) in [5, 5.41) is 21.5. The number of carboxylic acid groups (broad SMARTS) is 1. The second-order valence-electron chi connectivity index (χ2n) is 5.89. The first-order chi connectivity index (χ1) is 10.2. The summed E-state index contributed by atoms with van der Waals surface area (Å²) < 4.78 is 0. The number of hydrogen-bond donors (Lipinski definition) is 3. The van der Waals surface area contributed by atoms with Crippen LogP contribution >= 0.6 is 0 Å². The molecule has 122 valence electrons. The maximum absolute atomic E-state index is 12.2. The maximum atomic E-state index is 12.2. The number of nitrogens with zero attached hydrogens (tertiary/aromatic N) is 1. The van der Waals surface area contributed by atoms with Gasteiger partial charge in [-0.2, -0.15) is 0 Å². The van der Waals surface area contributed by atoms with Gasteiger partial charge in [-0.15, -0.1) is 0 Å². The first-order valence-electron chi connectivity index (χ1n) is 7.30. The Labute approximate surface area is 130 Å². The van der Waals surface area contributed by atoms with Crippen molar-refractivity contribution < 1.29 is 19.8 Å². The molecule has 0 aliphatic carbocycles. The molecule has 0 saturated carbocycles. The predicted octanol–water partition coefficient (Wildman–Crippen LogP) is 2.08. The molecule has 22 heavy (non-hydrogen) atoms. The van der Waals surface area contributed by atoms with Crippen molar-refractivity contribution in [1.29, 1.82) is 0 Å². The molecule has 6 heteroatoms. The lowest BCUT2D eigenvalue weighted by atomic mass is 10.1. The number of benzene rings is 1. The summed E-state index contributed by atoms with van der Waals surface area (Å²) in [5.41, 5.74) is 0.0816. The van der Waals surface area contributed by atoms with Crippen molar-refractivity contribution >= 4 is 12.0 Å². The molecule has 0 atom stereocenters. The van der Waals surface area contributed by atoms with Crippen molar-refractivity contribution in [1.82, 2.24) is 10.2 Å². The van der Waals surface area contributed by atoms with Crippen LogP contribution in [-0.2, 0) is 6.54 Å². The fourth-order valence-electron chi connectivity index (χ4n) is 2.04. The average molecular weight is 308 g/mol. The molecular formula is C16H24N2O4. The number of carbonyl (C=O) groups is 2. The van der Waals surface area contributed by atoms with E-state index in [0.717, 1.165) is 12.0 Å². The van der Waals surface area contributed by atoms with Crippen molar-refractivity contribution in [3.05, 3.63) is 35.4 Å². The number of nitrogens with one attached hydrogen (secondary N) is 1. The first-order valence-corrected chi connectivity index (χ1v) is 7.30. The minimum Gasteiger partial charge on any atom is -0.478 e. The number of aliphatic hydroxyl groups is 1. The molecule has 0 aromatic heterocycles. The van der Waals surface area contributed by atoms with Crippen LogP contribution in [0.2, 0.25) is 0 Å². The summed E-state index contributed by atoms with van der Waals surface area (Å²) in [4.78, 5) is 24.5. The number of carboxylic acids is 1. The quantitative estimate of drug-likeness (QED) is 0.719. The molecule has 6 nitrogen and oxygen atoms in total. The fourth-order valence-corrected chi connectivity index (χ4v) is 2.04. The molecule has 0 unspecified atom stereocenters. The molecule has 3 N–H and O–H groups in total. The van der Waals surface area contributed by atoms with Gasteiger partial charge in [0.1, 0.15) is 0 Å². The third kappa shape index (κ3) is 6.13. The molecular weight excluding hydrogens is 284 g/mol. The second kappa shape index (κ2) is 7.79. The van der Waals surface area contributed by atoms with Gasteiger partial charge in [-0.05, 0) is 38.0 Å². The molecule has 1 aromatic rings. The van der Waals surface area contributed by atoms with E-state index in [9.17, 15) is 14.7 Å². The predicted molar refractivity (Wildman–Crippen MR) is 83.8 cm³/mol. The largest absolute Gasteiger partial charge is 0.478 e. The molecule has 1 aromatic carbocycles. The number of urea groups is 1. The highest BCUT2D eigenvalue weighted by atomic mass is 16.4. The molecule has 0 heterocycles. The zero-order chi connectivity index (χ0) is 16.8. The van der Waals surface area contributed by atoms with E-state index >= 15 is 0 Å². The lowest BCUT2D eigenvalue weighted by molar-refractivity contribution is 0.0466. The Morgan fingerprint density at radius 1 is 1.23 bits per heavy atom. The normalized spacial score (nSPS) is 11.1. The first kappa shape index (κ1) is 18.0. The van der Waals surface area contributed by atoms with Crippen LogP contribution < -0.4 is 5.32 Å². The van der Waals surface area contributed by atoms with E-state index in [-0.39, 0.29) is 18.1 Å². The third-order valence-electron chi connectivity index (χ3n) is 3.00. The van der Waals surface area contributed by atoms with E-state index in [0.29, 0.717) is 13.1 Å². The Bertz CT molecular complexity index is 506. The SMILES string of the molecule is CCCN(CC(C)(C)O)C(=O)NCc1ccc(C(=O)O)cc1. The number of hydrogen-bond acceptors (Lipinski definition) is 3. The van der Waals surface area contributed by atoms with Crippen molar-refractivity contribution in [2.24, 2.45) is 0 Å². The van der Waals surface area contributed by atoms with E-state index in [2.05, 4.69) is 5.32 Å². The highest BCUT2D eigenvalue weighted by Crippen LogP contribution is 2.07. The number of aromatic carboxylic acids is 1. The average Bonchev–Trinajstić information content (AvgIpc) is 2.43. The van der Waals surface area contributed by atoms with Gasteiger partial charge in [0.15, 0.2) is 0 Å². The standard InChI is InChI=1S/C16H24N2O4/c1-4-9-18(11-16(2,3)22)15(21)17-10-12-5-7-13(8-6-12)14(19)20/h5-8,22H,4,9-11H2,1-3H3,(H,17,21)(H,19,20). The minimum absolute atomic E-state index is 0.213. The number of amides is 2. The third-order valence-corrected chi connectivity index (χ3v) is 3.00. The van der Waals surface area contributed by atoms with Gasteiger partial charge in [0.05, 0.1) is 17.7 Å². The monoisotopic (exact) mass is 308 g/mol. The van der Waals surface area contributed by atoms with Crippen LogP contribution in [0.3, 0.4) is 0 Å². The van der Waals surface area contributed by atoms with Gasteiger partial charge >= 0.3 is 12.0 Å². The fraction of sp³-hybridized carbons (Fsp3) is 0.500. The van der Waals surface area contributed by atoms with Gasteiger partial charge < -0.3 is 20.4 Å². The second-order valence-corrected chi connectivity index (χ2v) is 5.89. The van der Waals surface area contributed by atoms with Crippen molar-refractivity contribution in [3.63, 3.8) is 0 Å². The summed E-state index contributed by atoms with van der Waals surface area (Å²) >= 11 is 0. The zero-order valence-electron chi connectivity index (χ0n) is 13.3. The Hall–Kier alpha value is -2.08. The smallest absolute Gasteiger partial charge is 0.335 e. The lowest BCUT2D eigenvalue weighted by Crippen LogP contribution is -2.47. The van der Waals surface area contributed by atoms with E-state index in [1.807, 2.05) is 6.92 Å². The molecule has 0 radical (unpaired) electrons. The van der Waals surface area contributed by atoms with Crippen LogP contribution in [0, 0.1) is 0 Å². The van der Waals surface area contributed by atoms with Crippen LogP contribution in [-0.4, -0.2) is 45.8 Å². The van der Waals surface area contributed by atoms with E-state index < -0.39 is 11.6 Å². The summed E-state index contributed by atoms with van der Waals surface area (Å²) in [7, 11) is 0. The zero-order valence-corrected chi connectivity index (χ0v) is 13.3. The van der Waals surface area contributed by atoms with Gasteiger partial charge in [0, 0.05) is 13.1 Å². The van der Waals surface area contributed by atoms with Crippen molar-refractivity contribution in [3.8, 4) is 0 Å². The maximum Gasteiger partial charge on any atom is 0.335 e. The molecule has 0 fully saturated rings. The Morgan fingerprint density at radius 2 is 1.82 bits per heavy atom. The summed E-state index contributed by atoms with van der Waals surface area (Å²) in [6.07, 6.45) is 0.802. The highest BCUT2D eigenvalue weighted by Gasteiger charge is 2.21. The van der Waals surface area contributed by atoms with Gasteiger partial charge in [0.2, 0.25) is 0 Å². The molecule has 0 bridgehead atoms. The topological polar surface area (TPSA) is 89.9 Å². The number of carbonyl (C=O) groups excluding carboxylic acids is 1. The van der Waals surface area contributed by atoms with Crippen molar-refractivity contribution in [2.45, 2.75) is 39.3 Å². The van der Waals surface area contributed by atoms with Gasteiger partial charge in [-0.1, -0.05) is 19.1 Å². The van der Waals surface area contributed by atoms with Crippen molar-refractivity contribution in [2.75, 3.05) is 13.1 Å². The molecule has 0 aliphatic rings. The molecule has 1 rings (SSSR count). The van der Waals surface area contributed by atoms with E-state index in [4.69, 9.17) is 5.11 Å².